The van der Waals surface area contributed by atoms with E-state index in [-0.39, 0.29) is 5.92 Å². The Kier molecular flexibility index (Phi) is 4.32. The third kappa shape index (κ3) is 3.07. The first-order valence-electron chi connectivity index (χ1n) is 8.31. The second kappa shape index (κ2) is 6.76. The van der Waals surface area contributed by atoms with E-state index in [1.807, 2.05) is 24.3 Å². The van der Waals surface area contributed by atoms with E-state index in [0.29, 0.717) is 11.6 Å². The van der Waals surface area contributed by atoms with E-state index in [9.17, 15) is 4.79 Å². The van der Waals surface area contributed by atoms with E-state index < -0.39 is 0 Å². The number of anilines is 1. The summed E-state index contributed by atoms with van der Waals surface area (Å²) in [5, 5.41) is 1.56. The second-order valence-electron chi connectivity index (χ2n) is 6.27. The molecule has 25 heavy (non-hydrogen) atoms. The summed E-state index contributed by atoms with van der Waals surface area (Å²) in [4.78, 5) is 26.6. The van der Waals surface area contributed by atoms with Gasteiger partial charge in [-0.25, -0.2) is 9.97 Å². The Labute approximate surface area is 150 Å². The molecule has 1 atom stereocenters. The zero-order chi connectivity index (χ0) is 17.2. The van der Waals surface area contributed by atoms with E-state index in [4.69, 9.17) is 11.6 Å². The lowest BCUT2D eigenvalue weighted by Gasteiger charge is -2.32. The number of nitrogens with zero attached hydrogens (tertiary/aromatic N) is 4. The summed E-state index contributed by atoms with van der Waals surface area (Å²) < 4.78 is 0. The number of piperidine rings is 1. The minimum absolute atomic E-state index is 0.0544. The number of benzene rings is 1. The van der Waals surface area contributed by atoms with E-state index in [2.05, 4.69) is 19.9 Å². The highest BCUT2D eigenvalue weighted by Crippen LogP contribution is 2.35. The fourth-order valence-electron chi connectivity index (χ4n) is 3.45. The van der Waals surface area contributed by atoms with Crippen molar-refractivity contribution in [3.63, 3.8) is 0 Å². The minimum atomic E-state index is 0.0544. The lowest BCUT2D eigenvalue weighted by molar-refractivity contribution is -0.111. The molecule has 1 aromatic carbocycles. The van der Waals surface area contributed by atoms with Crippen molar-refractivity contribution in [1.29, 1.82) is 0 Å². The molecule has 3 aromatic rings. The van der Waals surface area contributed by atoms with Gasteiger partial charge < -0.3 is 9.69 Å². The Morgan fingerprint density at radius 2 is 2.16 bits per heavy atom. The van der Waals surface area contributed by atoms with Crippen molar-refractivity contribution < 1.29 is 4.79 Å². The Morgan fingerprint density at radius 1 is 1.24 bits per heavy atom. The molecule has 1 fully saturated rings. The number of rotatable bonds is 3. The molecule has 2 aromatic heterocycles. The van der Waals surface area contributed by atoms with Crippen LogP contribution in [0.15, 0.2) is 43.0 Å². The van der Waals surface area contributed by atoms with Gasteiger partial charge in [0.15, 0.2) is 0 Å². The van der Waals surface area contributed by atoms with E-state index >= 15 is 0 Å². The Hall–Kier alpha value is -2.53. The quantitative estimate of drug-likeness (QED) is 0.672. The van der Waals surface area contributed by atoms with Crippen molar-refractivity contribution in [2.75, 3.05) is 18.0 Å². The summed E-state index contributed by atoms with van der Waals surface area (Å²) in [5.74, 6) is 0.922. The molecule has 5 nitrogen and oxygen atoms in total. The molecule has 4 rings (SSSR count). The van der Waals surface area contributed by atoms with E-state index in [0.717, 1.165) is 53.5 Å². The van der Waals surface area contributed by atoms with Crippen molar-refractivity contribution in [1.82, 2.24) is 15.0 Å². The molecular formula is C19H17ClN4O. The summed E-state index contributed by atoms with van der Waals surface area (Å²) in [6, 6.07) is 7.87. The summed E-state index contributed by atoms with van der Waals surface area (Å²) in [6.45, 7) is 1.58. The van der Waals surface area contributed by atoms with Crippen molar-refractivity contribution in [2.45, 2.75) is 12.8 Å². The molecule has 0 amide bonds. The van der Waals surface area contributed by atoms with Gasteiger partial charge in [-0.1, -0.05) is 23.7 Å². The number of carbonyl (C=O) groups excluding carboxylic acids is 1. The average Bonchev–Trinajstić information content (AvgIpc) is 2.67. The second-order valence-corrected chi connectivity index (χ2v) is 6.71. The van der Waals surface area contributed by atoms with Gasteiger partial charge >= 0.3 is 0 Å². The largest absolute Gasteiger partial charge is 0.355 e. The molecule has 1 aliphatic rings. The molecule has 6 heteroatoms. The first kappa shape index (κ1) is 16.0. The van der Waals surface area contributed by atoms with Crippen LogP contribution in [-0.2, 0) is 4.79 Å². The number of halogens is 1. The Balaban J connectivity index is 1.89. The number of hydrogen-bond donors (Lipinski definition) is 0. The van der Waals surface area contributed by atoms with E-state index in [1.54, 1.807) is 18.7 Å². The first-order valence-corrected chi connectivity index (χ1v) is 8.69. The molecule has 126 valence electrons. The molecule has 1 saturated heterocycles. The van der Waals surface area contributed by atoms with Gasteiger partial charge in [0.25, 0.3) is 0 Å². The smallest absolute Gasteiger partial charge is 0.140 e. The van der Waals surface area contributed by atoms with Gasteiger partial charge in [0.1, 0.15) is 18.4 Å². The van der Waals surface area contributed by atoms with Crippen molar-refractivity contribution in [3.05, 3.63) is 48.0 Å². The maximum absolute atomic E-state index is 11.2. The normalized spacial score (nSPS) is 17.6. The summed E-state index contributed by atoms with van der Waals surface area (Å²) in [6.07, 6.45) is 7.97. The molecular weight excluding hydrogens is 336 g/mol. The number of aromatic nitrogens is 3. The van der Waals surface area contributed by atoms with Gasteiger partial charge in [0.05, 0.1) is 15.9 Å². The van der Waals surface area contributed by atoms with Gasteiger partial charge in [-0.15, -0.1) is 0 Å². The van der Waals surface area contributed by atoms with Gasteiger partial charge in [0.2, 0.25) is 0 Å². The van der Waals surface area contributed by atoms with Crippen molar-refractivity contribution >= 4 is 34.6 Å². The Bertz CT molecular complexity index is 925. The highest BCUT2D eigenvalue weighted by atomic mass is 35.5. The zero-order valence-electron chi connectivity index (χ0n) is 13.6. The third-order valence-electron chi connectivity index (χ3n) is 4.61. The molecule has 0 N–H and O–H groups in total. The lowest BCUT2D eigenvalue weighted by Crippen LogP contribution is -2.36. The van der Waals surface area contributed by atoms with Crippen LogP contribution in [-0.4, -0.2) is 34.3 Å². The zero-order valence-corrected chi connectivity index (χ0v) is 14.4. The van der Waals surface area contributed by atoms with Crippen LogP contribution in [0.5, 0.6) is 0 Å². The molecule has 0 spiro atoms. The highest BCUT2D eigenvalue weighted by molar-refractivity contribution is 6.30. The predicted octanol–water partition coefficient (Wildman–Crippen LogP) is 3.76. The number of aldehydes is 1. The van der Waals surface area contributed by atoms with Crippen LogP contribution in [0.1, 0.15) is 12.8 Å². The van der Waals surface area contributed by atoms with Gasteiger partial charge in [-0.2, -0.15) is 0 Å². The standard InChI is InChI=1S/C19H17ClN4O/c20-15-7-14(8-21-9-15)16-4-1-5-17-18(16)19(23-12-22-17)24-6-2-3-13(10-24)11-25/h1,4-5,7-9,11-13H,2-3,6,10H2. The highest BCUT2D eigenvalue weighted by Gasteiger charge is 2.23. The fourth-order valence-corrected chi connectivity index (χ4v) is 3.62. The van der Waals surface area contributed by atoms with Crippen molar-refractivity contribution in [2.24, 2.45) is 5.92 Å². The number of fused-ring (bicyclic) bond motifs is 1. The van der Waals surface area contributed by atoms with Crippen LogP contribution >= 0.6 is 11.6 Å². The minimum Gasteiger partial charge on any atom is -0.355 e. The monoisotopic (exact) mass is 352 g/mol. The fraction of sp³-hybridized carbons (Fsp3) is 0.263. The van der Waals surface area contributed by atoms with Gasteiger partial charge in [0, 0.05) is 37.0 Å². The molecule has 0 radical (unpaired) electrons. The van der Waals surface area contributed by atoms with Crippen LogP contribution < -0.4 is 4.90 Å². The first-order chi connectivity index (χ1) is 12.3. The maximum Gasteiger partial charge on any atom is 0.140 e. The predicted molar refractivity (Wildman–Crippen MR) is 98.8 cm³/mol. The Morgan fingerprint density at radius 3 is 3.00 bits per heavy atom. The van der Waals surface area contributed by atoms with Crippen LogP contribution in [0.25, 0.3) is 22.0 Å². The third-order valence-corrected chi connectivity index (χ3v) is 4.82. The van der Waals surface area contributed by atoms with Crippen LogP contribution in [0.2, 0.25) is 5.02 Å². The topological polar surface area (TPSA) is 59.0 Å². The molecule has 0 bridgehead atoms. The van der Waals surface area contributed by atoms with Crippen LogP contribution in [0.3, 0.4) is 0 Å². The average molecular weight is 353 g/mol. The van der Waals surface area contributed by atoms with Crippen LogP contribution in [0.4, 0.5) is 5.82 Å². The van der Waals surface area contributed by atoms with Gasteiger partial charge in [-0.3, -0.25) is 4.98 Å². The van der Waals surface area contributed by atoms with Gasteiger partial charge in [-0.05, 0) is 30.5 Å². The molecule has 3 heterocycles. The molecule has 1 aliphatic heterocycles. The number of pyridine rings is 1. The van der Waals surface area contributed by atoms with Crippen LogP contribution in [0, 0.1) is 5.92 Å². The molecule has 0 aliphatic carbocycles. The summed E-state index contributed by atoms with van der Waals surface area (Å²) in [7, 11) is 0. The SMILES string of the molecule is O=CC1CCCN(c2ncnc3cccc(-c4cncc(Cl)c4)c23)C1. The summed E-state index contributed by atoms with van der Waals surface area (Å²) >= 11 is 6.13. The maximum atomic E-state index is 11.2. The van der Waals surface area contributed by atoms with E-state index in [1.165, 1.54) is 0 Å². The lowest BCUT2D eigenvalue weighted by atomic mass is 9.98. The van der Waals surface area contributed by atoms with Crippen molar-refractivity contribution in [3.8, 4) is 11.1 Å². The number of hydrogen-bond acceptors (Lipinski definition) is 5. The number of carbonyl (C=O) groups is 1. The summed E-state index contributed by atoms with van der Waals surface area (Å²) in [5.41, 5.74) is 2.80. The molecule has 0 saturated carbocycles. The molecule has 1 unspecified atom stereocenters.